The summed E-state index contributed by atoms with van der Waals surface area (Å²) in [6, 6.07) is 38.2. The van der Waals surface area contributed by atoms with Gasteiger partial charge in [0, 0.05) is 6.54 Å². The Kier molecular flexibility index (Phi) is 11.9. The Bertz CT molecular complexity index is 1450. The van der Waals surface area contributed by atoms with Crippen molar-refractivity contribution < 1.29 is 28.5 Å². The van der Waals surface area contributed by atoms with Crippen molar-refractivity contribution in [1.29, 1.82) is 0 Å². The van der Waals surface area contributed by atoms with Crippen LogP contribution in [0.3, 0.4) is 0 Å². The van der Waals surface area contributed by atoms with Crippen molar-refractivity contribution in [3.8, 4) is 0 Å². The van der Waals surface area contributed by atoms with Crippen LogP contribution in [0.2, 0.25) is 0 Å². The van der Waals surface area contributed by atoms with Crippen molar-refractivity contribution >= 4 is 11.9 Å². The fourth-order valence-corrected chi connectivity index (χ4v) is 5.39. The number of benzene rings is 4. The van der Waals surface area contributed by atoms with Crippen LogP contribution in [0, 0.1) is 0 Å². The molecule has 0 spiro atoms. The Morgan fingerprint density at radius 3 is 1.64 bits per heavy atom. The smallest absolute Gasteiger partial charge is 0.338 e. The molecule has 0 aromatic heterocycles. The third-order valence-corrected chi connectivity index (χ3v) is 7.84. The third kappa shape index (κ3) is 9.11. The van der Waals surface area contributed by atoms with Crippen molar-refractivity contribution in [3.63, 3.8) is 0 Å². The van der Waals surface area contributed by atoms with Gasteiger partial charge in [-0.15, -0.1) is 0 Å². The van der Waals surface area contributed by atoms with Crippen molar-refractivity contribution in [1.82, 2.24) is 4.90 Å². The fraction of sp³-hybridized carbons (Fsp3) is 0.316. The molecule has 0 bridgehead atoms. The molecule has 0 radical (unpaired) electrons. The average Bonchev–Trinajstić information content (AvgIpc) is 3.19. The lowest BCUT2D eigenvalue weighted by atomic mass is 10.0. The van der Waals surface area contributed by atoms with E-state index in [2.05, 4.69) is 6.92 Å². The Labute approximate surface area is 265 Å². The minimum Gasteiger partial charge on any atom is -0.454 e. The van der Waals surface area contributed by atoms with Gasteiger partial charge in [0.2, 0.25) is 0 Å². The number of rotatable bonds is 14. The van der Waals surface area contributed by atoms with Gasteiger partial charge in [0.15, 0.2) is 6.10 Å². The first-order valence-electron chi connectivity index (χ1n) is 15.6. The fourth-order valence-electron chi connectivity index (χ4n) is 5.39. The lowest BCUT2D eigenvalue weighted by Crippen LogP contribution is -2.50. The third-order valence-electron chi connectivity index (χ3n) is 7.84. The van der Waals surface area contributed by atoms with E-state index in [0.717, 1.165) is 29.5 Å². The number of hydrogen-bond acceptors (Lipinski definition) is 6. The molecule has 4 atom stereocenters. The SMILES string of the molecule is CCCCN1C[C@@H](OC(=O)c2ccccc2)[C@@H](OCc2ccccc2)[C@H](OCc2ccccc2)[C@@H](OCc2ccccc2)C1=O. The van der Waals surface area contributed by atoms with Crippen LogP contribution in [0.25, 0.3) is 0 Å². The average molecular weight is 608 g/mol. The lowest BCUT2D eigenvalue weighted by molar-refractivity contribution is -0.178. The van der Waals surface area contributed by atoms with Gasteiger partial charge in [-0.3, -0.25) is 4.79 Å². The molecule has 4 aromatic rings. The molecule has 234 valence electrons. The van der Waals surface area contributed by atoms with E-state index in [1.54, 1.807) is 29.2 Å². The maximum Gasteiger partial charge on any atom is 0.338 e. The van der Waals surface area contributed by atoms with Gasteiger partial charge >= 0.3 is 5.97 Å². The van der Waals surface area contributed by atoms with E-state index in [-0.39, 0.29) is 32.3 Å². The van der Waals surface area contributed by atoms with Gasteiger partial charge in [-0.05, 0) is 35.2 Å². The largest absolute Gasteiger partial charge is 0.454 e. The first-order valence-corrected chi connectivity index (χ1v) is 15.6. The summed E-state index contributed by atoms with van der Waals surface area (Å²) in [5.74, 6) is -0.689. The first-order chi connectivity index (χ1) is 22.1. The van der Waals surface area contributed by atoms with Gasteiger partial charge in [-0.2, -0.15) is 0 Å². The van der Waals surface area contributed by atoms with Crippen LogP contribution in [-0.2, 0) is 43.6 Å². The molecule has 0 unspecified atom stereocenters. The number of nitrogens with zero attached hydrogens (tertiary/aromatic N) is 1. The number of likely N-dealkylation sites (tertiary alicyclic amines) is 1. The number of esters is 1. The number of unbranched alkanes of at least 4 members (excludes halogenated alkanes) is 1. The van der Waals surface area contributed by atoms with E-state index in [1.165, 1.54) is 0 Å². The van der Waals surface area contributed by atoms with Gasteiger partial charge < -0.3 is 23.8 Å². The van der Waals surface area contributed by atoms with Gasteiger partial charge in [0.05, 0.1) is 31.9 Å². The molecule has 1 saturated heterocycles. The summed E-state index contributed by atoms with van der Waals surface area (Å²) in [6.45, 7) is 3.41. The highest BCUT2D eigenvalue weighted by molar-refractivity contribution is 5.89. The van der Waals surface area contributed by atoms with Gasteiger partial charge in [0.25, 0.3) is 5.91 Å². The quantitative estimate of drug-likeness (QED) is 0.150. The normalized spacial score (nSPS) is 20.0. The van der Waals surface area contributed by atoms with Crippen LogP contribution in [0.1, 0.15) is 46.8 Å². The highest BCUT2D eigenvalue weighted by Gasteiger charge is 2.48. The standard InChI is InChI=1S/C38H41NO6/c1-2-3-24-39-25-33(45-38(41)32-22-14-7-15-23-32)34(42-26-29-16-8-4-9-17-29)35(43-27-30-18-10-5-11-19-30)36(37(39)40)44-28-31-20-12-6-13-21-31/h4-23,33-36H,2-3,24-28H2,1H3/t33-,34-,35+,36-/m1/s1. The molecule has 0 N–H and O–H groups in total. The van der Waals surface area contributed by atoms with Crippen LogP contribution in [0.5, 0.6) is 0 Å². The summed E-state index contributed by atoms with van der Waals surface area (Å²) in [6.07, 6.45) is -1.79. The zero-order chi connectivity index (χ0) is 31.3. The number of carbonyl (C=O) groups is 2. The molecule has 1 heterocycles. The molecule has 4 aromatic carbocycles. The van der Waals surface area contributed by atoms with Crippen molar-refractivity contribution in [2.24, 2.45) is 0 Å². The summed E-state index contributed by atoms with van der Waals surface area (Å²) in [4.78, 5) is 29.6. The summed E-state index contributed by atoms with van der Waals surface area (Å²) < 4.78 is 25.9. The highest BCUT2D eigenvalue weighted by Crippen LogP contribution is 2.28. The van der Waals surface area contributed by atoms with Gasteiger partial charge in [-0.1, -0.05) is 123 Å². The van der Waals surface area contributed by atoms with E-state index >= 15 is 0 Å². The first kappa shape index (κ1) is 32.1. The number of carbonyl (C=O) groups excluding carboxylic acids is 2. The van der Waals surface area contributed by atoms with E-state index in [4.69, 9.17) is 18.9 Å². The van der Waals surface area contributed by atoms with Gasteiger partial charge in [0.1, 0.15) is 18.3 Å². The zero-order valence-corrected chi connectivity index (χ0v) is 25.7. The molecule has 0 saturated carbocycles. The predicted octanol–water partition coefficient (Wildman–Crippen LogP) is 6.61. The molecule has 1 aliphatic heterocycles. The maximum atomic E-state index is 14.3. The number of amides is 1. The molecule has 1 aliphatic rings. The van der Waals surface area contributed by atoms with Crippen molar-refractivity contribution in [2.45, 2.75) is 64.0 Å². The summed E-state index contributed by atoms with van der Waals surface area (Å²) in [5.41, 5.74) is 3.25. The van der Waals surface area contributed by atoms with E-state index < -0.39 is 30.4 Å². The van der Waals surface area contributed by atoms with Crippen LogP contribution in [0.4, 0.5) is 0 Å². The molecular formula is C38H41NO6. The minimum atomic E-state index is -0.994. The molecule has 7 nitrogen and oxygen atoms in total. The topological polar surface area (TPSA) is 74.3 Å². The van der Waals surface area contributed by atoms with Crippen molar-refractivity contribution in [2.75, 3.05) is 13.1 Å². The van der Waals surface area contributed by atoms with Crippen LogP contribution in [-0.4, -0.2) is 54.3 Å². The van der Waals surface area contributed by atoms with Crippen molar-refractivity contribution in [3.05, 3.63) is 144 Å². The van der Waals surface area contributed by atoms with E-state index in [9.17, 15) is 9.59 Å². The predicted molar refractivity (Wildman–Crippen MR) is 172 cm³/mol. The van der Waals surface area contributed by atoms with Crippen LogP contribution in [0.15, 0.2) is 121 Å². The Hall–Kier alpha value is -4.30. The Balaban J connectivity index is 1.52. The zero-order valence-electron chi connectivity index (χ0n) is 25.7. The maximum absolute atomic E-state index is 14.3. The summed E-state index contributed by atoms with van der Waals surface area (Å²) in [5, 5.41) is 0. The molecular weight excluding hydrogens is 566 g/mol. The van der Waals surface area contributed by atoms with Gasteiger partial charge in [-0.25, -0.2) is 4.79 Å². The lowest BCUT2D eigenvalue weighted by Gasteiger charge is -2.33. The number of hydrogen-bond donors (Lipinski definition) is 0. The molecule has 1 amide bonds. The van der Waals surface area contributed by atoms with Crippen LogP contribution < -0.4 is 0 Å². The second kappa shape index (κ2) is 16.7. The minimum absolute atomic E-state index is 0.160. The molecule has 7 heteroatoms. The Morgan fingerprint density at radius 1 is 0.667 bits per heavy atom. The molecule has 0 aliphatic carbocycles. The monoisotopic (exact) mass is 607 g/mol. The number of ether oxygens (including phenoxy) is 4. The summed E-state index contributed by atoms with van der Waals surface area (Å²) in [7, 11) is 0. The molecule has 1 fully saturated rings. The van der Waals surface area contributed by atoms with Crippen LogP contribution >= 0.6 is 0 Å². The summed E-state index contributed by atoms with van der Waals surface area (Å²) >= 11 is 0. The second-order valence-corrected chi connectivity index (χ2v) is 11.2. The Morgan fingerprint density at radius 2 is 1.13 bits per heavy atom. The van der Waals surface area contributed by atoms with E-state index in [0.29, 0.717) is 12.1 Å². The molecule has 45 heavy (non-hydrogen) atoms. The second-order valence-electron chi connectivity index (χ2n) is 11.2. The molecule has 5 rings (SSSR count). The van der Waals surface area contributed by atoms with E-state index in [1.807, 2.05) is 97.1 Å². The highest BCUT2D eigenvalue weighted by atomic mass is 16.6.